The molecule has 4 aromatic carbocycles. The quantitative estimate of drug-likeness (QED) is 0.00982. The van der Waals surface area contributed by atoms with Crippen molar-refractivity contribution in [2.45, 2.75) is 134 Å². The van der Waals surface area contributed by atoms with Crippen LogP contribution < -0.4 is 0 Å². The van der Waals surface area contributed by atoms with E-state index in [1.165, 1.54) is 78.3 Å². The van der Waals surface area contributed by atoms with Gasteiger partial charge < -0.3 is 63.9 Å². The van der Waals surface area contributed by atoms with Gasteiger partial charge in [0.2, 0.25) is 0 Å². The van der Waals surface area contributed by atoms with Crippen molar-refractivity contribution in [2.75, 3.05) is 67.3 Å². The first-order valence-corrected chi connectivity index (χ1v) is 37.4. The molecule has 4 saturated heterocycles. The maximum Gasteiger partial charge on any atom is 0.345 e. The van der Waals surface area contributed by atoms with Crippen LogP contribution in [-0.4, -0.2) is 233 Å². The number of carbonyl (C=O) groups is 8. The van der Waals surface area contributed by atoms with Crippen molar-refractivity contribution >= 4 is 60.4 Å². The molecule has 8 amide bonds. The van der Waals surface area contributed by atoms with E-state index < -0.39 is 84.5 Å². The van der Waals surface area contributed by atoms with Crippen LogP contribution in [0, 0.1) is 0 Å². The Balaban J connectivity index is 0.000000135. The summed E-state index contributed by atoms with van der Waals surface area (Å²) in [4.78, 5) is 140. The van der Waals surface area contributed by atoms with E-state index >= 15 is 0 Å². The molecule has 12 heterocycles. The van der Waals surface area contributed by atoms with Crippen molar-refractivity contribution in [3.8, 4) is 0 Å². The minimum Gasteiger partial charge on any atom is -0.479 e. The minimum atomic E-state index is -1.65. The van der Waals surface area contributed by atoms with Crippen molar-refractivity contribution in [3.63, 3.8) is 0 Å². The molecule has 8 aromatic rings. The third-order valence-electron chi connectivity index (χ3n) is 20.1. The Hall–Kier alpha value is -12.7. The summed E-state index contributed by atoms with van der Waals surface area (Å²) >= 11 is 0. The van der Waals surface area contributed by atoms with Crippen molar-refractivity contribution in [3.05, 3.63) is 213 Å². The molecular formula is C77H88N18O21. The number of fused-ring (bicyclic) bond motifs is 16. The molecule has 0 radical (unpaired) electrons. The highest BCUT2D eigenvalue weighted by Gasteiger charge is 2.58. The van der Waals surface area contributed by atoms with Crippen molar-refractivity contribution in [1.29, 1.82) is 0 Å². The summed E-state index contributed by atoms with van der Waals surface area (Å²) in [5.74, 6) is -2.83. The van der Waals surface area contributed by atoms with Crippen LogP contribution in [0.25, 0.3) is 0 Å². The standard InChI is InChI=1S/C21H25N5O5.C20H23N5O5.C18H20N4O6.C18H20N4O5/c1-3-11-30-23-9-10-25-18-16(12-22-25)17-13-24(19(18)20(27)29-2)21(28)26(17)31-14-15-7-5-4-6-8-15;1-2-10-29-22-8-9-24-17-15(11-21-24)16-12-23(18(17)19(26)27)20(28)25(16)30-13-14-6-4-3-5-7-14;1-27-17(25)16-15-12(7-19-21(15)9-14(23)24)13-8-20(16)18(26)22(13)28-10-11-5-3-2-4-6-11;1-26-17(24)16-15-13(9-19-21(15)7-8-23)14-10-20(16)18(25)22(14)27-11-12-5-3-2-4-6-12/h4-9,12,17,19H,3,10-11,13-14H2,1-2H3;3-8,11,16,18H,2,9-10,12-13H2,1H3,(H,26,27);2-7,13-14,16,23-24H,8-10H2,1H3;2-6,9,14,16,23H,7-8,10-11H2,1H3/b23-9+;22-8+;;/t17-,19-;16-,18-;13-,16-;14-,16-/m0000/s1. The number of ether oxygens (including phenoxy) is 3. The van der Waals surface area contributed by atoms with E-state index in [9.17, 15) is 58.8 Å². The topological polar surface area (TPSA) is 422 Å². The van der Waals surface area contributed by atoms with E-state index in [0.717, 1.165) is 46.2 Å². The fourth-order valence-corrected chi connectivity index (χ4v) is 14.8. The van der Waals surface area contributed by atoms with E-state index in [2.05, 4.69) is 30.7 Å². The molecule has 4 aromatic heterocycles. The number of carboxylic acid groups (broad SMARTS) is 1. The monoisotopic (exact) mass is 1600 g/mol. The predicted octanol–water partition coefficient (Wildman–Crippen LogP) is 6.12. The summed E-state index contributed by atoms with van der Waals surface area (Å²) in [6.45, 7) is 7.38. The second-order valence-electron chi connectivity index (χ2n) is 27.3. The molecule has 8 bridgehead atoms. The molecule has 8 aliphatic heterocycles. The van der Waals surface area contributed by atoms with Gasteiger partial charge in [-0.3, -0.25) is 38.1 Å². The van der Waals surface area contributed by atoms with Crippen LogP contribution in [-0.2, 0) is 115 Å². The lowest BCUT2D eigenvalue weighted by molar-refractivity contribution is -0.147. The number of aromatic nitrogens is 8. The third-order valence-corrected chi connectivity index (χ3v) is 20.1. The average Bonchev–Trinajstić information content (AvgIpc) is 1.60. The van der Waals surface area contributed by atoms with E-state index in [-0.39, 0.29) is 83.9 Å². The largest absolute Gasteiger partial charge is 0.479 e. The maximum atomic E-state index is 13.1. The van der Waals surface area contributed by atoms with Crippen molar-refractivity contribution in [1.82, 2.24) is 79.0 Å². The number of aliphatic hydroxyl groups is 3. The Morgan fingerprint density at radius 3 is 1.02 bits per heavy atom. The Kier molecular flexibility index (Phi) is 26.0. The van der Waals surface area contributed by atoms with Gasteiger partial charge >= 0.3 is 48.0 Å². The first-order valence-electron chi connectivity index (χ1n) is 37.4. The zero-order chi connectivity index (χ0) is 81.7. The zero-order valence-electron chi connectivity index (χ0n) is 64.0. The number of urea groups is 4. The number of rotatable bonds is 30. The van der Waals surface area contributed by atoms with Gasteiger partial charge in [-0.1, -0.05) is 145 Å². The molecule has 612 valence electrons. The molecule has 39 heteroatoms. The Bertz CT molecular complexity index is 4830. The number of aliphatic carboxylic acids is 1. The minimum absolute atomic E-state index is 0.130. The first-order chi connectivity index (χ1) is 56.4. The SMILES string of the molecule is CCCO/N=C/Cn1ncc2c1[C@@H](C(=O)O)N1C[C@@H]2N(OCc2ccccc2)C1=O.CCCO/N=C/Cn1ncc2c1[C@@H](C(=O)OC)N1C[C@@H]2N(OCc2ccccc2)C1=O.COC(=O)[C@@H]1c2c(cnn2CC(O)O)[C@@H]2CN1C(=O)N2OCc1ccccc1.COC(=O)[C@@H]1c2c(cnn2CCO)[C@@H]2CN1C(=O)N2OCc1ccccc1. The second-order valence-corrected chi connectivity index (χ2v) is 27.3. The molecule has 116 heavy (non-hydrogen) atoms. The highest BCUT2D eigenvalue weighted by molar-refractivity contribution is 5.90. The number of nitrogens with zero attached hydrogens (tertiary/aromatic N) is 18. The number of hydrogen-bond acceptors (Lipinski definition) is 26. The molecule has 4 fully saturated rings. The molecule has 0 saturated carbocycles. The Morgan fingerprint density at radius 2 is 0.724 bits per heavy atom. The smallest absolute Gasteiger partial charge is 0.345 e. The lowest BCUT2D eigenvalue weighted by Gasteiger charge is -2.29. The van der Waals surface area contributed by atoms with Crippen LogP contribution >= 0.6 is 0 Å². The number of aliphatic hydroxyl groups excluding tert-OH is 2. The van der Waals surface area contributed by atoms with E-state index in [4.69, 9.17) is 43.2 Å². The van der Waals surface area contributed by atoms with Gasteiger partial charge in [0.25, 0.3) is 0 Å². The van der Waals surface area contributed by atoms with Gasteiger partial charge in [0.05, 0.1) is 140 Å². The van der Waals surface area contributed by atoms with Crippen LogP contribution in [0.1, 0.15) is 142 Å². The van der Waals surface area contributed by atoms with Gasteiger partial charge in [0.15, 0.2) is 30.5 Å². The molecule has 0 unspecified atom stereocenters. The number of methoxy groups -OCH3 is 3. The first kappa shape index (κ1) is 81.4. The summed E-state index contributed by atoms with van der Waals surface area (Å²) < 4.78 is 20.8. The van der Waals surface area contributed by atoms with Crippen molar-refractivity contribution < 1.29 is 102 Å². The molecule has 4 N–H and O–H groups in total. The Labute approximate surface area is 663 Å². The fraction of sp³-hybridized carbons (Fsp3) is 0.403. The number of oxime groups is 2. The lowest BCUT2D eigenvalue weighted by Crippen LogP contribution is -2.40. The summed E-state index contributed by atoms with van der Waals surface area (Å²) in [7, 11) is 3.82. The van der Waals surface area contributed by atoms with Gasteiger partial charge in [0.1, 0.15) is 63.8 Å². The van der Waals surface area contributed by atoms with E-state index in [0.29, 0.717) is 66.8 Å². The van der Waals surface area contributed by atoms with Crippen molar-refractivity contribution in [2.24, 2.45) is 10.3 Å². The fourth-order valence-electron chi connectivity index (χ4n) is 14.8. The summed E-state index contributed by atoms with van der Waals surface area (Å²) in [6.07, 6.45) is 9.57. The van der Waals surface area contributed by atoms with Gasteiger partial charge in [-0.25, -0.2) is 38.4 Å². The number of carboxylic acids is 1. The van der Waals surface area contributed by atoms with Gasteiger partial charge in [0, 0.05) is 22.3 Å². The number of esters is 3. The van der Waals surface area contributed by atoms with Gasteiger partial charge in [-0.15, -0.1) is 0 Å². The highest BCUT2D eigenvalue weighted by atomic mass is 16.7. The van der Waals surface area contributed by atoms with Crippen LogP contribution in [0.15, 0.2) is 156 Å². The number of hydrogen-bond donors (Lipinski definition) is 4. The molecule has 0 aliphatic carbocycles. The normalized spacial score (nSPS) is 20.3. The van der Waals surface area contributed by atoms with E-state index in [1.54, 1.807) is 38.9 Å². The molecule has 16 rings (SSSR count). The number of hydroxylamine groups is 8. The number of carbonyl (C=O) groups excluding carboxylic acids is 7. The van der Waals surface area contributed by atoms with Crippen LogP contribution in [0.5, 0.6) is 0 Å². The third kappa shape index (κ3) is 16.8. The zero-order valence-corrected chi connectivity index (χ0v) is 64.0. The summed E-state index contributed by atoms with van der Waals surface area (Å²) in [6, 6.07) is 30.7. The Morgan fingerprint density at radius 1 is 0.440 bits per heavy atom. The number of benzene rings is 4. The lowest BCUT2D eigenvalue weighted by atomic mass is 9.98. The predicted molar refractivity (Wildman–Crippen MR) is 400 cm³/mol. The second kappa shape index (κ2) is 37.1. The highest BCUT2D eigenvalue weighted by Crippen LogP contribution is 2.49. The van der Waals surface area contributed by atoms with Gasteiger partial charge in [-0.05, 0) is 35.1 Å². The molecule has 0 spiro atoms. The average molecular weight is 1600 g/mol. The summed E-state index contributed by atoms with van der Waals surface area (Å²) in [5, 5.41) is 67.9. The molecule has 39 nitrogen and oxygen atoms in total. The van der Waals surface area contributed by atoms with Gasteiger partial charge in [-0.2, -0.15) is 40.6 Å². The van der Waals surface area contributed by atoms with E-state index in [1.807, 2.05) is 135 Å². The molecule has 8 atom stereocenters. The number of amides is 8. The van der Waals surface area contributed by atoms with Crippen LogP contribution in [0.4, 0.5) is 19.2 Å². The molecular weight excluding hydrogens is 1510 g/mol. The summed E-state index contributed by atoms with van der Waals surface area (Å²) in [5.41, 5.74) is 8.48. The van der Waals surface area contributed by atoms with Crippen LogP contribution in [0.3, 0.4) is 0 Å². The van der Waals surface area contributed by atoms with Crippen LogP contribution in [0.2, 0.25) is 0 Å². The molecule has 8 aliphatic rings. The maximum absolute atomic E-state index is 13.1.